The van der Waals surface area contributed by atoms with Gasteiger partial charge in [0.05, 0.1) is 6.20 Å². The van der Waals surface area contributed by atoms with Crippen LogP contribution in [-0.2, 0) is 6.18 Å². The maximum atomic E-state index is 13.7. The first-order valence-electron chi connectivity index (χ1n) is 7.44. The second kappa shape index (κ2) is 6.51. The largest absolute Gasteiger partial charge is 0.433 e. The smallest absolute Gasteiger partial charge is 0.371 e. The Bertz CT molecular complexity index is 1170. The van der Waals surface area contributed by atoms with E-state index < -0.39 is 17.7 Å². The topological polar surface area (TPSA) is 60.0 Å². The summed E-state index contributed by atoms with van der Waals surface area (Å²) in [6.07, 6.45) is -1.89. The highest BCUT2D eigenvalue weighted by atomic mass is 127. The Hall–Kier alpha value is -2.09. The van der Waals surface area contributed by atoms with E-state index in [4.69, 9.17) is 0 Å². The van der Waals surface area contributed by atoms with E-state index in [-0.39, 0.29) is 17.2 Å². The van der Waals surface area contributed by atoms with Crippen LogP contribution >= 0.6 is 30.3 Å². The maximum Gasteiger partial charge on any atom is 0.433 e. The Labute approximate surface area is 165 Å². The molecule has 0 aliphatic rings. The van der Waals surface area contributed by atoms with Gasteiger partial charge in [-0.2, -0.15) is 13.2 Å². The lowest BCUT2D eigenvalue weighted by atomic mass is 10.2. The lowest BCUT2D eigenvalue weighted by Crippen LogP contribution is -2.12. The number of hydrogen-bond acceptors (Lipinski definition) is 5. The number of nitrogens with zero attached hydrogens (tertiary/aromatic N) is 5. The van der Waals surface area contributed by atoms with Gasteiger partial charge in [-0.3, -0.25) is 3.97 Å². The van der Waals surface area contributed by atoms with Gasteiger partial charge in [-0.05, 0) is 18.2 Å². The van der Waals surface area contributed by atoms with E-state index in [2.05, 4.69) is 20.4 Å². The van der Waals surface area contributed by atoms with Crippen molar-refractivity contribution >= 4 is 52.7 Å². The number of nitrogens with one attached hydrogen (secondary N) is 1. The molecule has 4 aromatic rings. The molecule has 140 valence electrons. The van der Waals surface area contributed by atoms with Crippen LogP contribution in [0.3, 0.4) is 0 Å². The van der Waals surface area contributed by atoms with Crippen LogP contribution in [0.1, 0.15) is 5.69 Å². The molecular formula is C15H9F4IN6S. The van der Waals surface area contributed by atoms with Crippen molar-refractivity contribution in [3.05, 3.63) is 42.1 Å². The lowest BCUT2D eigenvalue weighted by molar-refractivity contribution is -0.142. The SMILES string of the molecule is CNc1nc(-c2cn(SI)c3ncc(F)cc23)nn2c(C(F)(F)F)ccc12. The number of fused-ring (bicyclic) bond motifs is 2. The summed E-state index contributed by atoms with van der Waals surface area (Å²) in [5, 5.41) is 7.26. The first-order chi connectivity index (χ1) is 12.8. The molecule has 0 aromatic carbocycles. The number of alkyl halides is 3. The van der Waals surface area contributed by atoms with Gasteiger partial charge in [0, 0.05) is 54.5 Å². The van der Waals surface area contributed by atoms with Crippen LogP contribution in [0, 0.1) is 5.82 Å². The van der Waals surface area contributed by atoms with Crippen LogP contribution in [0.2, 0.25) is 0 Å². The van der Waals surface area contributed by atoms with Gasteiger partial charge in [0.25, 0.3) is 0 Å². The van der Waals surface area contributed by atoms with Crippen molar-refractivity contribution in [2.24, 2.45) is 0 Å². The van der Waals surface area contributed by atoms with Crippen molar-refractivity contribution < 1.29 is 17.6 Å². The minimum atomic E-state index is -4.58. The average Bonchev–Trinajstić information content (AvgIpc) is 3.21. The molecule has 4 aromatic heterocycles. The second-order valence-electron chi connectivity index (χ2n) is 5.51. The molecule has 0 aliphatic carbocycles. The van der Waals surface area contributed by atoms with E-state index in [1.807, 2.05) is 21.2 Å². The number of rotatable bonds is 3. The standard InChI is InChI=1S/C15H9F4IN6S/c1-21-13-10-2-3-11(15(17,18)19)26(10)24-12(23-13)9-6-25(27-20)14-8(9)4-7(16)5-22-14/h2-6H,1H3,(H,21,23,24). The van der Waals surface area contributed by atoms with Crippen molar-refractivity contribution in [1.82, 2.24) is 23.6 Å². The van der Waals surface area contributed by atoms with Crippen LogP contribution in [0.15, 0.2) is 30.6 Å². The molecule has 0 unspecified atom stereocenters. The van der Waals surface area contributed by atoms with E-state index in [9.17, 15) is 17.6 Å². The average molecular weight is 508 g/mol. The molecule has 6 nitrogen and oxygen atoms in total. The van der Waals surface area contributed by atoms with Crippen molar-refractivity contribution in [3.63, 3.8) is 0 Å². The molecule has 0 atom stereocenters. The summed E-state index contributed by atoms with van der Waals surface area (Å²) in [6.45, 7) is 0. The third-order valence-corrected chi connectivity index (χ3v) is 5.63. The fraction of sp³-hybridized carbons (Fsp3) is 0.133. The summed E-state index contributed by atoms with van der Waals surface area (Å²) in [5.41, 5.74) is 0.101. The predicted molar refractivity (Wildman–Crippen MR) is 103 cm³/mol. The number of aromatic nitrogens is 5. The Morgan fingerprint density at radius 1 is 1.26 bits per heavy atom. The van der Waals surface area contributed by atoms with Gasteiger partial charge in [0.2, 0.25) is 0 Å². The molecule has 0 spiro atoms. The van der Waals surface area contributed by atoms with Crippen LogP contribution in [-0.4, -0.2) is 30.6 Å². The molecule has 27 heavy (non-hydrogen) atoms. The van der Waals surface area contributed by atoms with Crippen molar-refractivity contribution in [2.75, 3.05) is 12.4 Å². The highest BCUT2D eigenvalue weighted by molar-refractivity contribution is 14.2. The number of halogens is 5. The zero-order valence-corrected chi connectivity index (χ0v) is 16.4. The van der Waals surface area contributed by atoms with Crippen LogP contribution in [0.25, 0.3) is 27.9 Å². The third-order valence-electron chi connectivity index (χ3n) is 3.93. The quantitative estimate of drug-likeness (QED) is 0.319. The molecule has 0 bridgehead atoms. The molecule has 0 saturated carbocycles. The summed E-state index contributed by atoms with van der Waals surface area (Å²) in [5.74, 6) is -0.315. The minimum absolute atomic E-state index is 0.0233. The summed E-state index contributed by atoms with van der Waals surface area (Å²) >= 11 is 2.02. The Balaban J connectivity index is 2.05. The molecule has 0 amide bonds. The Kier molecular flexibility index (Phi) is 4.41. The Morgan fingerprint density at radius 3 is 2.70 bits per heavy atom. The number of hydrogen-bond donors (Lipinski definition) is 1. The second-order valence-corrected chi connectivity index (χ2v) is 7.22. The molecule has 4 rings (SSSR count). The van der Waals surface area contributed by atoms with Crippen molar-refractivity contribution in [1.29, 1.82) is 0 Å². The molecule has 0 fully saturated rings. The molecular weight excluding hydrogens is 499 g/mol. The van der Waals surface area contributed by atoms with Gasteiger partial charge < -0.3 is 5.32 Å². The molecule has 0 radical (unpaired) electrons. The van der Waals surface area contributed by atoms with E-state index in [0.29, 0.717) is 16.6 Å². The summed E-state index contributed by atoms with van der Waals surface area (Å²) in [6, 6.07) is 3.50. The summed E-state index contributed by atoms with van der Waals surface area (Å²) < 4.78 is 56.1. The Morgan fingerprint density at radius 2 is 2.04 bits per heavy atom. The van der Waals surface area contributed by atoms with E-state index >= 15 is 0 Å². The van der Waals surface area contributed by atoms with Crippen LogP contribution < -0.4 is 5.32 Å². The number of pyridine rings is 1. The van der Waals surface area contributed by atoms with Crippen molar-refractivity contribution in [2.45, 2.75) is 6.18 Å². The van der Waals surface area contributed by atoms with E-state index in [0.717, 1.165) is 16.8 Å². The first kappa shape index (κ1) is 18.3. The zero-order valence-electron chi connectivity index (χ0n) is 13.4. The van der Waals surface area contributed by atoms with Crippen LogP contribution in [0.5, 0.6) is 0 Å². The highest BCUT2D eigenvalue weighted by Crippen LogP contribution is 2.35. The van der Waals surface area contributed by atoms with Gasteiger partial charge in [0.15, 0.2) is 17.3 Å². The zero-order chi connectivity index (χ0) is 19.3. The first-order valence-corrected chi connectivity index (χ1v) is 10.8. The minimum Gasteiger partial charge on any atom is -0.371 e. The van der Waals surface area contributed by atoms with Gasteiger partial charge in [0.1, 0.15) is 17.0 Å². The maximum absolute atomic E-state index is 13.7. The fourth-order valence-electron chi connectivity index (χ4n) is 2.79. The van der Waals surface area contributed by atoms with Gasteiger partial charge >= 0.3 is 6.18 Å². The summed E-state index contributed by atoms with van der Waals surface area (Å²) in [7, 11) is 2.84. The predicted octanol–water partition coefficient (Wildman–Crippen LogP) is 4.79. The normalized spacial score (nSPS) is 12.2. The van der Waals surface area contributed by atoms with Gasteiger partial charge in [-0.25, -0.2) is 18.9 Å². The molecule has 0 aliphatic heterocycles. The molecule has 4 heterocycles. The monoisotopic (exact) mass is 508 g/mol. The molecule has 0 saturated heterocycles. The summed E-state index contributed by atoms with van der Waals surface area (Å²) in [4.78, 5) is 8.38. The highest BCUT2D eigenvalue weighted by Gasteiger charge is 2.35. The third kappa shape index (κ3) is 2.99. The fourth-order valence-corrected chi connectivity index (χ4v) is 4.05. The van der Waals surface area contributed by atoms with Gasteiger partial charge in [-0.1, -0.05) is 0 Å². The lowest BCUT2D eigenvalue weighted by Gasteiger charge is -2.10. The van der Waals surface area contributed by atoms with Crippen molar-refractivity contribution in [3.8, 4) is 11.4 Å². The molecule has 1 N–H and O–H groups in total. The number of anilines is 1. The van der Waals surface area contributed by atoms with Gasteiger partial charge in [-0.15, -0.1) is 5.10 Å². The molecule has 12 heteroatoms. The van der Waals surface area contributed by atoms with E-state index in [1.165, 1.54) is 21.3 Å². The van der Waals surface area contributed by atoms with E-state index in [1.54, 1.807) is 17.2 Å². The van der Waals surface area contributed by atoms with Crippen LogP contribution in [0.4, 0.5) is 23.4 Å².